The topological polar surface area (TPSA) is 64.1 Å². The van der Waals surface area contributed by atoms with Crippen molar-refractivity contribution in [1.29, 1.82) is 0 Å². The van der Waals surface area contributed by atoms with E-state index in [9.17, 15) is 4.79 Å². The first kappa shape index (κ1) is 17.7. The van der Waals surface area contributed by atoms with Gasteiger partial charge in [0.25, 0.3) is 0 Å². The Morgan fingerprint density at radius 3 is 2.74 bits per heavy atom. The minimum absolute atomic E-state index is 0.205. The number of rotatable bonds is 9. The van der Waals surface area contributed by atoms with Crippen LogP contribution < -0.4 is 5.32 Å². The molecule has 0 aliphatic heterocycles. The second-order valence-electron chi connectivity index (χ2n) is 4.91. The number of aromatic nitrogens is 2. The summed E-state index contributed by atoms with van der Waals surface area (Å²) in [6.07, 6.45) is 2.94. The molecule has 0 atom stereocenters. The molecule has 0 bridgehead atoms. The summed E-state index contributed by atoms with van der Waals surface area (Å²) >= 11 is 2.78. The summed E-state index contributed by atoms with van der Waals surface area (Å²) in [6, 6.07) is 8.23. The van der Waals surface area contributed by atoms with E-state index in [0.29, 0.717) is 6.61 Å². The van der Waals surface area contributed by atoms with Crippen LogP contribution in [0.25, 0.3) is 0 Å². The molecule has 0 aliphatic carbocycles. The Hall–Kier alpha value is -1.60. The zero-order valence-electron chi connectivity index (χ0n) is 13.4. The largest absolute Gasteiger partial charge is 0.465 e. The summed E-state index contributed by atoms with van der Waals surface area (Å²) in [7, 11) is 0. The van der Waals surface area contributed by atoms with E-state index in [-0.39, 0.29) is 11.7 Å². The summed E-state index contributed by atoms with van der Waals surface area (Å²) in [5.41, 5.74) is 2.28. The van der Waals surface area contributed by atoms with Crippen LogP contribution in [0.4, 0.5) is 10.8 Å². The van der Waals surface area contributed by atoms with E-state index in [1.165, 1.54) is 28.7 Å². The second kappa shape index (κ2) is 9.52. The zero-order chi connectivity index (χ0) is 16.5. The van der Waals surface area contributed by atoms with Crippen molar-refractivity contribution < 1.29 is 9.53 Å². The molecule has 124 valence electrons. The number of carbonyl (C=O) groups excluding carboxylic acids is 1. The Morgan fingerprint density at radius 2 is 2.04 bits per heavy atom. The lowest BCUT2D eigenvalue weighted by Gasteiger charge is -2.02. The quantitative estimate of drug-likeness (QED) is 0.413. The van der Waals surface area contributed by atoms with Crippen LogP contribution in [0, 0.1) is 0 Å². The predicted molar refractivity (Wildman–Crippen MR) is 95.6 cm³/mol. The van der Waals surface area contributed by atoms with E-state index in [1.54, 1.807) is 0 Å². The van der Waals surface area contributed by atoms with Crippen LogP contribution in [-0.4, -0.2) is 28.5 Å². The first-order valence-electron chi connectivity index (χ1n) is 7.69. The van der Waals surface area contributed by atoms with Gasteiger partial charge >= 0.3 is 5.97 Å². The van der Waals surface area contributed by atoms with Crippen molar-refractivity contribution in [3.8, 4) is 0 Å². The van der Waals surface area contributed by atoms with Gasteiger partial charge in [0.1, 0.15) is 0 Å². The van der Waals surface area contributed by atoms with Crippen LogP contribution in [0.15, 0.2) is 28.6 Å². The number of anilines is 2. The summed E-state index contributed by atoms with van der Waals surface area (Å²) in [6.45, 7) is 4.69. The number of esters is 1. The lowest BCUT2D eigenvalue weighted by Crippen LogP contribution is -2.08. The number of nitrogens with zero attached hydrogens (tertiary/aromatic N) is 2. The molecule has 1 heterocycles. The Balaban J connectivity index is 1.79. The highest BCUT2D eigenvalue weighted by molar-refractivity contribution is 8.01. The molecular formula is C16H21N3O2S2. The first-order valence-corrected chi connectivity index (χ1v) is 9.49. The maximum Gasteiger partial charge on any atom is 0.316 e. The third-order valence-electron chi connectivity index (χ3n) is 3.09. The molecular weight excluding hydrogens is 330 g/mol. The number of benzene rings is 1. The SMILES string of the molecule is CCCCOC(=O)CSc1nnc(Nc2ccc(CC)cc2)s1. The van der Waals surface area contributed by atoms with E-state index in [1.807, 2.05) is 12.1 Å². The predicted octanol–water partition coefficient (Wildman–Crippen LogP) is 4.28. The smallest absolute Gasteiger partial charge is 0.316 e. The molecule has 0 amide bonds. The first-order chi connectivity index (χ1) is 11.2. The minimum Gasteiger partial charge on any atom is -0.465 e. The van der Waals surface area contributed by atoms with Crippen LogP contribution in [0.1, 0.15) is 32.3 Å². The van der Waals surface area contributed by atoms with Crippen LogP contribution in [0.3, 0.4) is 0 Å². The fourth-order valence-electron chi connectivity index (χ4n) is 1.76. The Labute approximate surface area is 144 Å². The molecule has 2 aromatic rings. The van der Waals surface area contributed by atoms with Crippen molar-refractivity contribution in [2.75, 3.05) is 17.7 Å². The molecule has 1 N–H and O–H groups in total. The number of aryl methyl sites for hydroxylation is 1. The van der Waals surface area contributed by atoms with Gasteiger partial charge in [-0.05, 0) is 30.5 Å². The molecule has 1 aromatic carbocycles. The van der Waals surface area contributed by atoms with Crippen molar-refractivity contribution in [3.05, 3.63) is 29.8 Å². The molecule has 23 heavy (non-hydrogen) atoms. The summed E-state index contributed by atoms with van der Waals surface area (Å²) in [4.78, 5) is 11.5. The number of ether oxygens (including phenoxy) is 1. The van der Waals surface area contributed by atoms with Gasteiger partial charge in [-0.15, -0.1) is 10.2 Å². The molecule has 0 fully saturated rings. The molecule has 2 rings (SSSR count). The molecule has 0 unspecified atom stereocenters. The number of thioether (sulfide) groups is 1. The number of hydrogen-bond acceptors (Lipinski definition) is 7. The van der Waals surface area contributed by atoms with Crippen LogP contribution in [0.2, 0.25) is 0 Å². The Bertz CT molecular complexity index is 614. The highest BCUT2D eigenvalue weighted by atomic mass is 32.2. The maximum atomic E-state index is 11.5. The van der Waals surface area contributed by atoms with Gasteiger partial charge in [0.2, 0.25) is 5.13 Å². The van der Waals surface area contributed by atoms with E-state index in [2.05, 4.69) is 41.5 Å². The Morgan fingerprint density at radius 1 is 1.26 bits per heavy atom. The third-order valence-corrected chi connectivity index (χ3v) is 5.04. The van der Waals surface area contributed by atoms with Gasteiger partial charge in [-0.3, -0.25) is 4.79 Å². The van der Waals surface area contributed by atoms with Gasteiger partial charge in [0.05, 0.1) is 12.4 Å². The van der Waals surface area contributed by atoms with Crippen LogP contribution in [0.5, 0.6) is 0 Å². The second-order valence-corrected chi connectivity index (χ2v) is 7.11. The standard InChI is InChI=1S/C16H21N3O2S2/c1-3-5-10-21-14(20)11-22-16-19-18-15(23-16)17-13-8-6-12(4-2)7-9-13/h6-9H,3-5,10-11H2,1-2H3,(H,17,18). The molecule has 1 aromatic heterocycles. The molecule has 5 nitrogen and oxygen atoms in total. The molecule has 0 spiro atoms. The highest BCUT2D eigenvalue weighted by Crippen LogP contribution is 2.27. The van der Waals surface area contributed by atoms with Crippen molar-refractivity contribution in [1.82, 2.24) is 10.2 Å². The molecule has 0 radical (unpaired) electrons. The Kier molecular flexibility index (Phi) is 7.35. The van der Waals surface area contributed by atoms with Crippen molar-refractivity contribution in [2.24, 2.45) is 0 Å². The average Bonchev–Trinajstić information content (AvgIpc) is 3.01. The van der Waals surface area contributed by atoms with Crippen LogP contribution >= 0.6 is 23.1 Å². The van der Waals surface area contributed by atoms with E-state index < -0.39 is 0 Å². The zero-order valence-corrected chi connectivity index (χ0v) is 15.0. The lowest BCUT2D eigenvalue weighted by atomic mass is 10.1. The van der Waals surface area contributed by atoms with Gasteiger partial charge in [-0.1, -0.05) is 55.5 Å². The minimum atomic E-state index is -0.205. The van der Waals surface area contributed by atoms with Gasteiger partial charge < -0.3 is 10.1 Å². The molecule has 0 aliphatic rings. The maximum absolute atomic E-state index is 11.5. The summed E-state index contributed by atoms with van der Waals surface area (Å²) < 4.78 is 5.86. The van der Waals surface area contributed by atoms with Crippen molar-refractivity contribution >= 4 is 39.9 Å². The monoisotopic (exact) mass is 351 g/mol. The van der Waals surface area contributed by atoms with E-state index in [0.717, 1.165) is 34.4 Å². The lowest BCUT2D eigenvalue weighted by molar-refractivity contribution is -0.140. The summed E-state index contributed by atoms with van der Waals surface area (Å²) in [5, 5.41) is 12.1. The number of unbranched alkanes of at least 4 members (excludes halogenated alkanes) is 1. The van der Waals surface area contributed by atoms with Gasteiger partial charge in [0, 0.05) is 5.69 Å². The van der Waals surface area contributed by atoms with Crippen molar-refractivity contribution in [2.45, 2.75) is 37.4 Å². The fourth-order valence-corrected chi connectivity index (χ4v) is 3.33. The van der Waals surface area contributed by atoms with Gasteiger partial charge in [0.15, 0.2) is 4.34 Å². The third kappa shape index (κ3) is 6.19. The average molecular weight is 351 g/mol. The number of nitrogens with one attached hydrogen (secondary N) is 1. The molecule has 0 saturated carbocycles. The summed E-state index contributed by atoms with van der Waals surface area (Å²) in [5.74, 6) is 0.0621. The van der Waals surface area contributed by atoms with Crippen molar-refractivity contribution in [3.63, 3.8) is 0 Å². The molecule has 7 heteroatoms. The van der Waals surface area contributed by atoms with Gasteiger partial charge in [-0.2, -0.15) is 0 Å². The normalized spacial score (nSPS) is 10.5. The van der Waals surface area contributed by atoms with E-state index in [4.69, 9.17) is 4.74 Å². The van der Waals surface area contributed by atoms with E-state index >= 15 is 0 Å². The molecule has 0 saturated heterocycles. The fraction of sp³-hybridized carbons (Fsp3) is 0.438. The number of hydrogen-bond donors (Lipinski definition) is 1. The van der Waals surface area contributed by atoms with Crippen LogP contribution in [-0.2, 0) is 16.0 Å². The highest BCUT2D eigenvalue weighted by Gasteiger charge is 2.09. The number of carbonyl (C=O) groups is 1. The van der Waals surface area contributed by atoms with Gasteiger partial charge in [-0.25, -0.2) is 0 Å².